The molecule has 1 fully saturated rings. The standard InChI is InChI=1S/C17H25N9O/c1-20-15-24(16-21-2)10-12-26-14-13-25(17(26)27)11-9-23(7-4-19)8-6-22-5-3-18/h22H,5-16H2. The Morgan fingerprint density at radius 3 is 2.11 bits per heavy atom. The van der Waals surface area contributed by atoms with Crippen LogP contribution in [-0.2, 0) is 0 Å². The maximum absolute atomic E-state index is 12.5. The fourth-order valence-electron chi connectivity index (χ4n) is 2.71. The molecule has 0 bridgehead atoms. The summed E-state index contributed by atoms with van der Waals surface area (Å²) in [6, 6.07) is 4.09. The lowest BCUT2D eigenvalue weighted by Gasteiger charge is -2.24. The van der Waals surface area contributed by atoms with E-state index in [1.807, 2.05) is 11.0 Å². The van der Waals surface area contributed by atoms with Crippen molar-refractivity contribution in [3.63, 3.8) is 0 Å². The van der Waals surface area contributed by atoms with Crippen LogP contribution in [0.1, 0.15) is 0 Å². The highest BCUT2D eigenvalue weighted by Gasteiger charge is 2.28. The quantitative estimate of drug-likeness (QED) is 0.272. The van der Waals surface area contributed by atoms with Crippen LogP contribution in [0.2, 0.25) is 0 Å². The first kappa shape index (κ1) is 22.2. The predicted molar refractivity (Wildman–Crippen MR) is 98.7 cm³/mol. The molecule has 2 amide bonds. The maximum Gasteiger partial charge on any atom is 0.320 e. The number of nitrogens with one attached hydrogen (secondary N) is 1. The number of nitrogens with zero attached hydrogens (tertiary/aromatic N) is 8. The number of carbonyl (C=O) groups excluding carboxylic acids is 1. The second kappa shape index (κ2) is 13.3. The predicted octanol–water partition coefficient (Wildman–Crippen LogP) is -0.282. The molecule has 0 atom stereocenters. The van der Waals surface area contributed by atoms with Crippen molar-refractivity contribution in [1.82, 2.24) is 24.9 Å². The van der Waals surface area contributed by atoms with Gasteiger partial charge in [0.25, 0.3) is 13.3 Å². The zero-order valence-electron chi connectivity index (χ0n) is 15.5. The number of hydrogen-bond donors (Lipinski definition) is 1. The Kier molecular flexibility index (Phi) is 10.9. The third-order valence-corrected chi connectivity index (χ3v) is 4.20. The molecule has 0 aromatic carbocycles. The second-order valence-electron chi connectivity index (χ2n) is 6.02. The monoisotopic (exact) mass is 371 g/mol. The van der Waals surface area contributed by atoms with E-state index in [4.69, 9.17) is 23.7 Å². The van der Waals surface area contributed by atoms with E-state index in [-0.39, 0.29) is 32.5 Å². The van der Waals surface area contributed by atoms with Gasteiger partial charge in [-0.15, -0.1) is 0 Å². The third-order valence-electron chi connectivity index (χ3n) is 4.20. The van der Waals surface area contributed by atoms with Crippen molar-refractivity contribution in [2.24, 2.45) is 0 Å². The van der Waals surface area contributed by atoms with Gasteiger partial charge in [0.05, 0.1) is 25.2 Å². The highest BCUT2D eigenvalue weighted by molar-refractivity contribution is 5.76. The average Bonchev–Trinajstić information content (AvgIpc) is 3.01. The molecule has 10 nitrogen and oxygen atoms in total. The number of rotatable bonds is 13. The van der Waals surface area contributed by atoms with Crippen molar-refractivity contribution in [3.8, 4) is 12.1 Å². The molecule has 1 heterocycles. The molecular formula is C17H25N9O. The van der Waals surface area contributed by atoms with Crippen molar-refractivity contribution in [1.29, 1.82) is 10.5 Å². The molecule has 0 radical (unpaired) electrons. The maximum atomic E-state index is 12.5. The average molecular weight is 371 g/mol. The van der Waals surface area contributed by atoms with Crippen LogP contribution in [0, 0.1) is 35.8 Å². The van der Waals surface area contributed by atoms with Crippen LogP contribution >= 0.6 is 0 Å². The minimum Gasteiger partial charge on any atom is -0.322 e. The lowest BCUT2D eigenvalue weighted by Crippen LogP contribution is -2.41. The zero-order chi connectivity index (χ0) is 19.9. The number of amides is 2. The molecule has 1 aliphatic heterocycles. The van der Waals surface area contributed by atoms with Gasteiger partial charge >= 0.3 is 6.03 Å². The minimum atomic E-state index is -0.0416. The summed E-state index contributed by atoms with van der Waals surface area (Å²) >= 11 is 0. The molecule has 0 aliphatic carbocycles. The molecule has 1 rings (SSSR count). The molecule has 0 aromatic rings. The number of hydrogen-bond acceptors (Lipinski definition) is 6. The molecule has 27 heavy (non-hydrogen) atoms. The SMILES string of the molecule is [C-]#[N+]CN(CCN1CCN(CCN(CC#N)CCNCC#N)C1=O)C[N+]#[C-]. The topological polar surface area (TPSA) is 98.4 Å². The van der Waals surface area contributed by atoms with Crippen LogP contribution in [-0.4, -0.2) is 104 Å². The van der Waals surface area contributed by atoms with E-state index in [2.05, 4.69) is 21.1 Å². The minimum absolute atomic E-state index is 0.0416. The van der Waals surface area contributed by atoms with Gasteiger partial charge in [0, 0.05) is 52.4 Å². The van der Waals surface area contributed by atoms with Crippen LogP contribution in [0.5, 0.6) is 0 Å². The normalized spacial score (nSPS) is 13.5. The van der Waals surface area contributed by atoms with E-state index in [0.29, 0.717) is 52.4 Å². The summed E-state index contributed by atoms with van der Waals surface area (Å²) in [5, 5.41) is 20.4. The van der Waals surface area contributed by atoms with Gasteiger partial charge in [-0.05, 0) is 0 Å². The van der Waals surface area contributed by atoms with Gasteiger partial charge < -0.3 is 15.1 Å². The van der Waals surface area contributed by atoms with Gasteiger partial charge in [0.1, 0.15) is 0 Å². The summed E-state index contributed by atoms with van der Waals surface area (Å²) in [5.41, 5.74) is 0. The lowest BCUT2D eigenvalue weighted by molar-refractivity contribution is 0.179. The second-order valence-corrected chi connectivity index (χ2v) is 6.02. The summed E-state index contributed by atoms with van der Waals surface area (Å²) in [7, 11) is 0. The molecular weight excluding hydrogens is 346 g/mol. The molecule has 0 saturated carbocycles. The smallest absolute Gasteiger partial charge is 0.320 e. The Labute approximate surface area is 160 Å². The Morgan fingerprint density at radius 2 is 1.59 bits per heavy atom. The third kappa shape index (κ3) is 8.35. The van der Waals surface area contributed by atoms with E-state index in [1.165, 1.54) is 0 Å². The van der Waals surface area contributed by atoms with Gasteiger partial charge in [0.2, 0.25) is 0 Å². The summed E-state index contributed by atoms with van der Waals surface area (Å²) in [5.74, 6) is 0. The highest BCUT2D eigenvalue weighted by Crippen LogP contribution is 2.09. The summed E-state index contributed by atoms with van der Waals surface area (Å²) < 4.78 is 0. The van der Waals surface area contributed by atoms with Crippen molar-refractivity contribution in [3.05, 3.63) is 22.8 Å². The first-order valence-electron chi connectivity index (χ1n) is 8.75. The van der Waals surface area contributed by atoms with Crippen molar-refractivity contribution < 1.29 is 4.79 Å². The number of nitriles is 2. The fourth-order valence-corrected chi connectivity index (χ4v) is 2.71. The Hall–Kier alpha value is -2.89. The summed E-state index contributed by atoms with van der Waals surface area (Å²) in [6.07, 6.45) is 0. The van der Waals surface area contributed by atoms with Gasteiger partial charge in [-0.3, -0.25) is 14.6 Å². The summed E-state index contributed by atoms with van der Waals surface area (Å²) in [4.78, 5) is 26.3. The van der Waals surface area contributed by atoms with E-state index < -0.39 is 0 Å². The molecule has 0 unspecified atom stereocenters. The first-order valence-corrected chi connectivity index (χ1v) is 8.75. The molecule has 1 saturated heterocycles. The van der Waals surface area contributed by atoms with Crippen LogP contribution in [0.4, 0.5) is 4.79 Å². The number of carbonyl (C=O) groups is 1. The molecule has 0 aromatic heterocycles. The lowest BCUT2D eigenvalue weighted by atomic mass is 10.4. The van der Waals surface area contributed by atoms with Crippen LogP contribution in [0.15, 0.2) is 0 Å². The Bertz CT molecular complexity index is 608. The first-order chi connectivity index (χ1) is 13.2. The largest absolute Gasteiger partial charge is 0.322 e. The molecule has 1 aliphatic rings. The van der Waals surface area contributed by atoms with E-state index >= 15 is 0 Å². The van der Waals surface area contributed by atoms with Gasteiger partial charge in [-0.1, -0.05) is 0 Å². The number of urea groups is 1. The molecule has 10 heteroatoms. The van der Waals surface area contributed by atoms with Crippen LogP contribution in [0.3, 0.4) is 0 Å². The van der Waals surface area contributed by atoms with E-state index in [0.717, 1.165) is 0 Å². The fraction of sp³-hybridized carbons (Fsp3) is 0.706. The van der Waals surface area contributed by atoms with Crippen LogP contribution < -0.4 is 5.32 Å². The Balaban J connectivity index is 2.39. The van der Waals surface area contributed by atoms with Crippen molar-refractivity contribution in [2.75, 3.05) is 78.8 Å². The van der Waals surface area contributed by atoms with Crippen molar-refractivity contribution in [2.45, 2.75) is 0 Å². The zero-order valence-corrected chi connectivity index (χ0v) is 15.5. The van der Waals surface area contributed by atoms with Gasteiger partial charge in [-0.2, -0.15) is 15.4 Å². The van der Waals surface area contributed by atoms with Gasteiger partial charge in [-0.25, -0.2) is 17.9 Å². The Morgan fingerprint density at radius 1 is 1.00 bits per heavy atom. The van der Waals surface area contributed by atoms with Crippen LogP contribution in [0.25, 0.3) is 9.69 Å². The van der Waals surface area contributed by atoms with E-state index in [1.54, 1.807) is 14.7 Å². The van der Waals surface area contributed by atoms with Gasteiger partial charge in [0.15, 0.2) is 0 Å². The molecule has 0 spiro atoms. The van der Waals surface area contributed by atoms with E-state index in [9.17, 15) is 4.79 Å². The summed E-state index contributed by atoms with van der Waals surface area (Å²) in [6.45, 7) is 19.4. The molecule has 1 N–H and O–H groups in total. The molecule has 144 valence electrons. The highest BCUT2D eigenvalue weighted by atomic mass is 16.2. The van der Waals surface area contributed by atoms with Crippen molar-refractivity contribution >= 4 is 6.03 Å².